The molecule has 0 fully saturated rings. The van der Waals surface area contributed by atoms with E-state index in [2.05, 4.69) is 59.1 Å². The Morgan fingerprint density at radius 2 is 2.21 bits per heavy atom. The van der Waals surface area contributed by atoms with Crippen molar-refractivity contribution in [2.45, 2.75) is 10.3 Å². The predicted molar refractivity (Wildman–Crippen MR) is 75.9 cm³/mol. The summed E-state index contributed by atoms with van der Waals surface area (Å²) in [5, 5.41) is 3.24. The summed E-state index contributed by atoms with van der Waals surface area (Å²) in [6.07, 6.45) is 8.71. The summed E-state index contributed by atoms with van der Waals surface area (Å²) in [5.74, 6) is 0.893. The van der Waals surface area contributed by atoms with E-state index >= 15 is 0 Å². The highest BCUT2D eigenvalue weighted by Gasteiger charge is 2.19. The van der Waals surface area contributed by atoms with Gasteiger partial charge in [-0.05, 0) is 19.1 Å². The maximum Gasteiger partial charge on any atom is 0.0901 e. The number of nitrogens with one attached hydrogen (secondary N) is 1. The van der Waals surface area contributed by atoms with Gasteiger partial charge in [0.1, 0.15) is 0 Å². The molecule has 0 saturated carbocycles. The van der Waals surface area contributed by atoms with Crippen LogP contribution >= 0.6 is 46.6 Å². The summed E-state index contributed by atoms with van der Waals surface area (Å²) in [5.41, 5.74) is 1.14. The molecular weight excluding hydrogens is 325 g/mol. The van der Waals surface area contributed by atoms with Gasteiger partial charge in [0.05, 0.1) is 14.1 Å². The van der Waals surface area contributed by atoms with Gasteiger partial charge in [-0.3, -0.25) is 0 Å². The lowest BCUT2D eigenvalue weighted by molar-refractivity contribution is 1.06. The highest BCUT2D eigenvalue weighted by Crippen LogP contribution is 2.32. The lowest BCUT2D eigenvalue weighted by atomic mass is 10.1. The molecule has 0 radical (unpaired) electrons. The van der Waals surface area contributed by atoms with E-state index in [0.717, 1.165) is 16.4 Å². The zero-order valence-corrected chi connectivity index (χ0v) is 11.5. The fourth-order valence-corrected chi connectivity index (χ4v) is 2.72. The normalized spacial score (nSPS) is 31.1. The van der Waals surface area contributed by atoms with Crippen LogP contribution in [0.5, 0.6) is 0 Å². The van der Waals surface area contributed by atoms with Gasteiger partial charge in [0.15, 0.2) is 0 Å². The van der Waals surface area contributed by atoms with Crippen LogP contribution in [0.2, 0.25) is 0 Å². The molecule has 14 heavy (non-hydrogen) atoms. The summed E-state index contributed by atoms with van der Waals surface area (Å²) in [6, 6.07) is 0. The maximum atomic E-state index is 5.15. The van der Waals surface area contributed by atoms with Crippen LogP contribution in [0.15, 0.2) is 34.9 Å². The highest BCUT2D eigenvalue weighted by atomic mass is 127. The molecule has 4 heteroatoms. The van der Waals surface area contributed by atoms with Gasteiger partial charge in [0.2, 0.25) is 0 Å². The molecule has 1 aliphatic heterocycles. The molecule has 0 aromatic rings. The minimum Gasteiger partial charge on any atom is -0.348 e. The van der Waals surface area contributed by atoms with Crippen LogP contribution in [0, 0.1) is 0 Å². The smallest absolute Gasteiger partial charge is 0.0901 e. The van der Waals surface area contributed by atoms with Crippen molar-refractivity contribution in [3.8, 4) is 0 Å². The minimum absolute atomic E-state index is 0.110. The third-order valence-electron chi connectivity index (χ3n) is 2.03. The Labute approximate surface area is 107 Å². The Hall–Kier alpha value is 0.190. The molecule has 1 nitrogen and oxygen atoms in total. The second-order valence-corrected chi connectivity index (χ2v) is 7.27. The first-order valence-corrected chi connectivity index (χ1v) is 6.78. The number of thioether (sulfide) groups is 1. The van der Waals surface area contributed by atoms with Crippen LogP contribution in [0.4, 0.5) is 0 Å². The van der Waals surface area contributed by atoms with Crippen LogP contribution in [0.3, 0.4) is 0 Å². The van der Waals surface area contributed by atoms with E-state index in [-0.39, 0.29) is 3.42 Å². The second kappa shape index (κ2) is 3.98. The average molecular weight is 335 g/mol. The van der Waals surface area contributed by atoms with Gasteiger partial charge < -0.3 is 5.32 Å². The highest BCUT2D eigenvalue weighted by molar-refractivity contribution is 14.1. The monoisotopic (exact) mass is 335 g/mol. The quantitative estimate of drug-likeness (QED) is 0.415. The van der Waals surface area contributed by atoms with E-state index in [1.165, 1.54) is 4.91 Å². The fourth-order valence-electron chi connectivity index (χ4n) is 1.27. The Bertz CT molecular complexity index is 366. The molecule has 1 atom stereocenters. The van der Waals surface area contributed by atoms with Crippen molar-refractivity contribution in [3.63, 3.8) is 0 Å². The lowest BCUT2D eigenvalue weighted by Gasteiger charge is -2.17. The molecule has 0 spiro atoms. The Morgan fingerprint density at radius 3 is 3.00 bits per heavy atom. The lowest BCUT2D eigenvalue weighted by Crippen LogP contribution is -2.26. The molecule has 1 aliphatic carbocycles. The van der Waals surface area contributed by atoms with Gasteiger partial charge in [0.25, 0.3) is 0 Å². The Balaban J connectivity index is 2.34. The summed E-state index contributed by atoms with van der Waals surface area (Å²) >= 11 is 9.38. The number of rotatable bonds is 0. The first-order valence-electron chi connectivity index (χ1n) is 4.31. The Morgan fingerprint density at radius 1 is 1.50 bits per heavy atom. The van der Waals surface area contributed by atoms with E-state index in [9.17, 15) is 0 Å². The molecule has 2 rings (SSSR count). The van der Waals surface area contributed by atoms with Crippen LogP contribution in [-0.4, -0.2) is 14.2 Å². The third-order valence-corrected chi connectivity index (χ3v) is 4.28. The molecular formula is C10H10INS2. The van der Waals surface area contributed by atoms with Gasteiger partial charge in [0, 0.05) is 10.7 Å². The molecule has 0 bridgehead atoms. The number of hydrogen-bond donors (Lipinski definition) is 1. The van der Waals surface area contributed by atoms with E-state index in [1.807, 2.05) is 0 Å². The topological polar surface area (TPSA) is 12.0 Å². The number of thiocarbonyl (C=S) groups is 1. The van der Waals surface area contributed by atoms with E-state index in [0.29, 0.717) is 0 Å². The van der Waals surface area contributed by atoms with E-state index < -0.39 is 0 Å². The molecule has 0 saturated heterocycles. The van der Waals surface area contributed by atoms with Crippen molar-refractivity contribution in [1.82, 2.24) is 5.32 Å². The van der Waals surface area contributed by atoms with Crippen LogP contribution < -0.4 is 5.32 Å². The summed E-state index contributed by atoms with van der Waals surface area (Å²) in [4.78, 5) is 2.21. The summed E-state index contributed by atoms with van der Waals surface area (Å²) in [7, 11) is 0. The summed E-state index contributed by atoms with van der Waals surface area (Å²) in [6.45, 7) is 2.18. The Kier molecular flexibility index (Phi) is 3.04. The van der Waals surface area contributed by atoms with Crippen molar-refractivity contribution in [2.75, 3.05) is 5.75 Å². The largest absolute Gasteiger partial charge is 0.348 e. The third kappa shape index (κ3) is 2.41. The standard InChI is InChI=1S/C10H10INS2/c1-10(11)4-2-7-8(3-5-10)14-6-9(13)12-7/h2-5H,6H2,1H3,(H,12,13). The zero-order chi connectivity index (χ0) is 10.2. The number of allylic oxidation sites excluding steroid dienone is 4. The van der Waals surface area contributed by atoms with Gasteiger partial charge >= 0.3 is 0 Å². The van der Waals surface area contributed by atoms with E-state index in [1.54, 1.807) is 11.8 Å². The molecule has 0 aromatic carbocycles. The molecule has 74 valence electrons. The molecule has 2 aliphatic rings. The second-order valence-electron chi connectivity index (χ2n) is 3.43. The molecule has 1 heterocycles. The number of hydrogen-bond acceptors (Lipinski definition) is 2. The zero-order valence-electron chi connectivity index (χ0n) is 7.71. The van der Waals surface area contributed by atoms with Crippen molar-refractivity contribution in [3.05, 3.63) is 34.9 Å². The molecule has 1 unspecified atom stereocenters. The average Bonchev–Trinajstić information content (AvgIpc) is 2.26. The molecule has 0 amide bonds. The number of halogens is 1. The SMILES string of the molecule is CC1(I)C=CC2=C(C=C1)SCC(=S)N2. The van der Waals surface area contributed by atoms with Crippen molar-refractivity contribution < 1.29 is 0 Å². The maximum absolute atomic E-state index is 5.15. The fraction of sp³-hybridized carbons (Fsp3) is 0.300. The number of alkyl halides is 1. The first kappa shape index (κ1) is 10.7. The summed E-state index contributed by atoms with van der Waals surface area (Å²) < 4.78 is 0.110. The van der Waals surface area contributed by atoms with Gasteiger partial charge in [-0.1, -0.05) is 47.0 Å². The predicted octanol–water partition coefficient (Wildman–Crippen LogP) is 3.18. The van der Waals surface area contributed by atoms with Crippen molar-refractivity contribution in [2.24, 2.45) is 0 Å². The van der Waals surface area contributed by atoms with Gasteiger partial charge in [-0.2, -0.15) is 0 Å². The van der Waals surface area contributed by atoms with Gasteiger partial charge in [-0.15, -0.1) is 11.8 Å². The minimum atomic E-state index is 0.110. The first-order chi connectivity index (χ1) is 6.57. The molecule has 0 aromatic heterocycles. The van der Waals surface area contributed by atoms with Crippen molar-refractivity contribution >= 4 is 51.6 Å². The van der Waals surface area contributed by atoms with Gasteiger partial charge in [-0.25, -0.2) is 0 Å². The van der Waals surface area contributed by atoms with Crippen LogP contribution in [-0.2, 0) is 0 Å². The van der Waals surface area contributed by atoms with Crippen LogP contribution in [0.1, 0.15) is 6.92 Å². The van der Waals surface area contributed by atoms with Crippen molar-refractivity contribution in [1.29, 1.82) is 0 Å². The van der Waals surface area contributed by atoms with E-state index in [4.69, 9.17) is 12.2 Å². The molecule has 1 N–H and O–H groups in total. The van der Waals surface area contributed by atoms with Crippen LogP contribution in [0.25, 0.3) is 0 Å².